The van der Waals surface area contributed by atoms with Crippen LogP contribution in [0.1, 0.15) is 11.6 Å². The van der Waals surface area contributed by atoms with E-state index >= 15 is 0 Å². The Kier molecular flexibility index (Phi) is 4.34. The van der Waals surface area contributed by atoms with Crippen LogP contribution in [0.25, 0.3) is 10.9 Å². The maximum atomic E-state index is 13.1. The fraction of sp³-hybridized carbons (Fsp3) is 0.250. The third-order valence-corrected chi connectivity index (χ3v) is 5.02. The average Bonchev–Trinajstić information content (AvgIpc) is 3.07. The lowest BCUT2D eigenvalue weighted by atomic mass is 10.0. The fourth-order valence-corrected chi connectivity index (χ4v) is 3.70. The number of piperazine rings is 1. The minimum Gasteiger partial charge on any atom is -0.480 e. The molecule has 0 spiro atoms. The highest BCUT2D eigenvalue weighted by Gasteiger charge is 2.32. The summed E-state index contributed by atoms with van der Waals surface area (Å²) in [5.41, 5.74) is 2.70. The van der Waals surface area contributed by atoms with Crippen molar-refractivity contribution in [2.24, 2.45) is 0 Å². The van der Waals surface area contributed by atoms with Crippen molar-refractivity contribution in [3.05, 3.63) is 66.1 Å². The lowest BCUT2D eigenvalue weighted by molar-refractivity contribution is -0.143. The fourth-order valence-electron chi connectivity index (χ4n) is 3.70. The van der Waals surface area contributed by atoms with Crippen LogP contribution in [-0.2, 0) is 4.79 Å². The number of rotatable bonds is 4. The van der Waals surface area contributed by atoms with E-state index in [9.17, 15) is 14.3 Å². The Hall–Kier alpha value is -2.86. The Bertz CT molecular complexity index is 914. The molecule has 2 heterocycles. The Labute approximate surface area is 150 Å². The molecule has 2 aromatic carbocycles. The number of fused-ring (bicyclic) bond motifs is 1. The third-order valence-electron chi connectivity index (χ3n) is 5.02. The second-order valence-corrected chi connectivity index (χ2v) is 6.53. The van der Waals surface area contributed by atoms with Crippen molar-refractivity contribution in [2.75, 3.05) is 31.1 Å². The number of carboxylic acid groups (broad SMARTS) is 1. The summed E-state index contributed by atoms with van der Waals surface area (Å²) < 4.78 is 13.1. The first-order chi connectivity index (χ1) is 12.6. The van der Waals surface area contributed by atoms with Crippen molar-refractivity contribution >= 4 is 22.6 Å². The monoisotopic (exact) mass is 353 g/mol. The number of aliphatic carboxylic acids is 1. The van der Waals surface area contributed by atoms with Crippen LogP contribution >= 0.6 is 0 Å². The number of H-pyrrole nitrogens is 1. The zero-order valence-electron chi connectivity index (χ0n) is 14.2. The lowest BCUT2D eigenvalue weighted by Crippen LogP contribution is -2.49. The first-order valence-electron chi connectivity index (χ1n) is 8.67. The predicted molar refractivity (Wildman–Crippen MR) is 98.9 cm³/mol. The number of halogens is 1. The molecule has 4 rings (SSSR count). The Morgan fingerprint density at radius 1 is 1.04 bits per heavy atom. The summed E-state index contributed by atoms with van der Waals surface area (Å²) in [5, 5.41) is 10.8. The van der Waals surface area contributed by atoms with Gasteiger partial charge in [-0.2, -0.15) is 0 Å². The van der Waals surface area contributed by atoms with Gasteiger partial charge in [-0.05, 0) is 30.3 Å². The molecule has 2 N–H and O–H groups in total. The summed E-state index contributed by atoms with van der Waals surface area (Å²) in [6.45, 7) is 2.68. The van der Waals surface area contributed by atoms with Gasteiger partial charge in [0.25, 0.3) is 0 Å². The summed E-state index contributed by atoms with van der Waals surface area (Å²) in [7, 11) is 0. The van der Waals surface area contributed by atoms with Gasteiger partial charge in [0, 0.05) is 54.5 Å². The number of hydrogen-bond acceptors (Lipinski definition) is 3. The molecule has 0 amide bonds. The largest absolute Gasteiger partial charge is 0.480 e. The molecule has 1 aliphatic heterocycles. The van der Waals surface area contributed by atoms with E-state index in [0.717, 1.165) is 22.2 Å². The number of anilines is 1. The third kappa shape index (κ3) is 3.04. The second kappa shape index (κ2) is 6.80. The molecule has 0 saturated carbocycles. The van der Waals surface area contributed by atoms with Crippen LogP contribution in [-0.4, -0.2) is 47.1 Å². The van der Waals surface area contributed by atoms with Gasteiger partial charge in [-0.15, -0.1) is 0 Å². The van der Waals surface area contributed by atoms with Crippen LogP contribution in [0.3, 0.4) is 0 Å². The van der Waals surface area contributed by atoms with Gasteiger partial charge in [0.1, 0.15) is 11.9 Å². The van der Waals surface area contributed by atoms with Crippen molar-refractivity contribution in [3.8, 4) is 0 Å². The standard InChI is InChI=1S/C20H20FN3O2/c21-14-5-7-15(8-6-14)23-9-11-24(12-10-23)19(20(25)26)17-13-22-18-4-2-1-3-16(17)18/h1-8,13,19,22H,9-12H2,(H,25,26)/t19-/m1/s1. The van der Waals surface area contributed by atoms with Crippen molar-refractivity contribution in [3.63, 3.8) is 0 Å². The highest BCUT2D eigenvalue weighted by atomic mass is 19.1. The molecule has 26 heavy (non-hydrogen) atoms. The number of carbonyl (C=O) groups is 1. The predicted octanol–water partition coefficient (Wildman–Crippen LogP) is 3.25. The molecule has 0 radical (unpaired) electrons. The minimum absolute atomic E-state index is 0.252. The molecule has 1 aromatic heterocycles. The minimum atomic E-state index is -0.843. The topological polar surface area (TPSA) is 59.6 Å². The lowest BCUT2D eigenvalue weighted by Gasteiger charge is -2.38. The van der Waals surface area contributed by atoms with Gasteiger partial charge in [0.05, 0.1) is 0 Å². The van der Waals surface area contributed by atoms with Crippen molar-refractivity contribution in [2.45, 2.75) is 6.04 Å². The van der Waals surface area contributed by atoms with Crippen molar-refractivity contribution in [1.29, 1.82) is 0 Å². The highest BCUT2D eigenvalue weighted by molar-refractivity contribution is 5.89. The molecule has 1 aliphatic rings. The number of hydrogen-bond donors (Lipinski definition) is 2. The number of carboxylic acids is 1. The summed E-state index contributed by atoms with van der Waals surface area (Å²) in [6.07, 6.45) is 1.80. The zero-order valence-corrected chi connectivity index (χ0v) is 14.2. The number of aromatic amines is 1. The van der Waals surface area contributed by atoms with E-state index in [-0.39, 0.29) is 5.82 Å². The van der Waals surface area contributed by atoms with E-state index in [1.54, 1.807) is 18.3 Å². The van der Waals surface area contributed by atoms with E-state index in [4.69, 9.17) is 0 Å². The second-order valence-electron chi connectivity index (χ2n) is 6.53. The molecule has 134 valence electrons. The molecule has 1 saturated heterocycles. The van der Waals surface area contributed by atoms with Crippen LogP contribution in [0.4, 0.5) is 10.1 Å². The van der Waals surface area contributed by atoms with Gasteiger partial charge in [0.15, 0.2) is 0 Å². The van der Waals surface area contributed by atoms with Gasteiger partial charge in [-0.25, -0.2) is 4.39 Å². The Balaban J connectivity index is 1.54. The summed E-state index contributed by atoms with van der Waals surface area (Å²) >= 11 is 0. The van der Waals surface area contributed by atoms with E-state index in [1.807, 2.05) is 29.2 Å². The van der Waals surface area contributed by atoms with Crippen molar-refractivity contribution < 1.29 is 14.3 Å². The van der Waals surface area contributed by atoms with E-state index in [2.05, 4.69) is 9.88 Å². The summed E-state index contributed by atoms with van der Waals surface area (Å²) in [4.78, 5) is 19.3. The normalized spacial score (nSPS) is 16.7. The first-order valence-corrected chi connectivity index (χ1v) is 8.67. The maximum absolute atomic E-state index is 13.1. The van der Waals surface area contributed by atoms with Crippen LogP contribution in [0.2, 0.25) is 0 Å². The molecule has 0 unspecified atom stereocenters. The Morgan fingerprint density at radius 3 is 2.42 bits per heavy atom. The van der Waals surface area contributed by atoms with Gasteiger partial charge in [0.2, 0.25) is 0 Å². The smallest absolute Gasteiger partial charge is 0.325 e. The van der Waals surface area contributed by atoms with Crippen LogP contribution in [0, 0.1) is 5.82 Å². The van der Waals surface area contributed by atoms with Gasteiger partial charge >= 0.3 is 5.97 Å². The summed E-state index contributed by atoms with van der Waals surface area (Å²) in [6, 6.07) is 13.5. The molecule has 1 atom stereocenters. The van der Waals surface area contributed by atoms with Crippen LogP contribution < -0.4 is 4.90 Å². The molecular weight excluding hydrogens is 333 g/mol. The van der Waals surface area contributed by atoms with E-state index in [1.165, 1.54) is 12.1 Å². The molecule has 3 aromatic rings. The van der Waals surface area contributed by atoms with Crippen molar-refractivity contribution in [1.82, 2.24) is 9.88 Å². The van der Waals surface area contributed by atoms with Gasteiger partial charge in [-0.3, -0.25) is 9.69 Å². The highest BCUT2D eigenvalue weighted by Crippen LogP contribution is 2.30. The molecule has 1 fully saturated rings. The SMILES string of the molecule is O=C(O)[C@@H](c1c[nH]c2ccccc12)N1CCN(c2ccc(F)cc2)CC1. The Morgan fingerprint density at radius 2 is 1.73 bits per heavy atom. The molecule has 0 aliphatic carbocycles. The number of aromatic nitrogens is 1. The first kappa shape index (κ1) is 16.6. The number of nitrogens with one attached hydrogen (secondary N) is 1. The average molecular weight is 353 g/mol. The molecule has 5 nitrogen and oxygen atoms in total. The maximum Gasteiger partial charge on any atom is 0.325 e. The van der Waals surface area contributed by atoms with E-state index in [0.29, 0.717) is 26.2 Å². The van der Waals surface area contributed by atoms with E-state index < -0.39 is 12.0 Å². The number of para-hydroxylation sites is 1. The number of nitrogens with zero attached hydrogens (tertiary/aromatic N) is 2. The van der Waals surface area contributed by atoms with Gasteiger partial charge in [-0.1, -0.05) is 18.2 Å². The molecule has 0 bridgehead atoms. The van der Waals surface area contributed by atoms with Gasteiger partial charge < -0.3 is 15.0 Å². The zero-order chi connectivity index (χ0) is 18.1. The van der Waals surface area contributed by atoms with Crippen LogP contribution in [0.15, 0.2) is 54.7 Å². The van der Waals surface area contributed by atoms with Crippen LogP contribution in [0.5, 0.6) is 0 Å². The summed E-state index contributed by atoms with van der Waals surface area (Å²) in [5.74, 6) is -1.09. The number of benzene rings is 2. The quantitative estimate of drug-likeness (QED) is 0.756. The molecular formula is C20H20FN3O2. The molecule has 6 heteroatoms.